The van der Waals surface area contributed by atoms with E-state index in [0.29, 0.717) is 12.3 Å². The second-order valence-corrected chi connectivity index (χ2v) is 4.78. The summed E-state index contributed by atoms with van der Waals surface area (Å²) in [5.41, 5.74) is 0. The number of rotatable bonds is 3. The average molecular weight is 212 g/mol. The zero-order chi connectivity index (χ0) is 11.3. The van der Waals surface area contributed by atoms with Gasteiger partial charge in [-0.2, -0.15) is 0 Å². The van der Waals surface area contributed by atoms with Gasteiger partial charge in [-0.15, -0.1) is 0 Å². The van der Waals surface area contributed by atoms with Gasteiger partial charge in [-0.3, -0.25) is 4.79 Å². The molecule has 1 amide bonds. The summed E-state index contributed by atoms with van der Waals surface area (Å²) >= 11 is 0. The van der Waals surface area contributed by atoms with E-state index in [0.717, 1.165) is 45.1 Å². The van der Waals surface area contributed by atoms with Crippen molar-refractivity contribution in [2.45, 2.75) is 33.6 Å². The van der Waals surface area contributed by atoms with Gasteiger partial charge in [0.2, 0.25) is 5.91 Å². The zero-order valence-corrected chi connectivity index (χ0v) is 10.3. The third-order valence-electron chi connectivity index (χ3n) is 2.87. The van der Waals surface area contributed by atoms with Crippen molar-refractivity contribution in [2.24, 2.45) is 5.92 Å². The Balaban J connectivity index is 2.38. The van der Waals surface area contributed by atoms with Gasteiger partial charge >= 0.3 is 0 Å². The lowest BCUT2D eigenvalue weighted by molar-refractivity contribution is -0.130. The van der Waals surface area contributed by atoms with Gasteiger partial charge in [0.25, 0.3) is 0 Å². The molecule has 0 aromatic rings. The molecule has 0 atom stereocenters. The van der Waals surface area contributed by atoms with Crippen LogP contribution in [0.3, 0.4) is 0 Å². The number of carbonyl (C=O) groups is 1. The molecule has 1 heterocycles. The van der Waals surface area contributed by atoms with E-state index in [1.807, 2.05) is 11.8 Å². The molecular formula is C12H24N2O. The van der Waals surface area contributed by atoms with Gasteiger partial charge in [-0.25, -0.2) is 0 Å². The van der Waals surface area contributed by atoms with Gasteiger partial charge < -0.3 is 9.80 Å². The first-order valence-corrected chi connectivity index (χ1v) is 6.13. The Morgan fingerprint density at radius 3 is 2.53 bits per heavy atom. The van der Waals surface area contributed by atoms with Crippen LogP contribution < -0.4 is 0 Å². The maximum atomic E-state index is 11.6. The molecular weight excluding hydrogens is 188 g/mol. The summed E-state index contributed by atoms with van der Waals surface area (Å²) in [6.45, 7) is 11.7. The lowest BCUT2D eigenvalue weighted by Gasteiger charge is -2.22. The highest BCUT2D eigenvalue weighted by Gasteiger charge is 2.17. The lowest BCUT2D eigenvalue weighted by atomic mass is 10.2. The third-order valence-corrected chi connectivity index (χ3v) is 2.87. The highest BCUT2D eigenvalue weighted by Crippen LogP contribution is 2.07. The molecule has 1 saturated heterocycles. The second-order valence-electron chi connectivity index (χ2n) is 4.78. The van der Waals surface area contributed by atoms with E-state index in [2.05, 4.69) is 18.7 Å². The normalized spacial score (nSPS) is 19.3. The second kappa shape index (κ2) is 6.11. The highest BCUT2D eigenvalue weighted by atomic mass is 16.2. The van der Waals surface area contributed by atoms with Gasteiger partial charge in [0, 0.05) is 32.6 Å². The number of carbonyl (C=O) groups excluding carboxylic acids is 1. The Labute approximate surface area is 93.4 Å². The first kappa shape index (κ1) is 12.5. The molecule has 1 aliphatic heterocycles. The molecule has 1 aliphatic rings. The van der Waals surface area contributed by atoms with E-state index in [4.69, 9.17) is 0 Å². The number of nitrogens with zero attached hydrogens (tertiary/aromatic N) is 2. The smallest absolute Gasteiger partial charge is 0.222 e. The molecule has 88 valence electrons. The molecule has 1 fully saturated rings. The number of amides is 1. The van der Waals surface area contributed by atoms with Crippen molar-refractivity contribution in [3.8, 4) is 0 Å². The van der Waals surface area contributed by atoms with Crippen molar-refractivity contribution in [3.63, 3.8) is 0 Å². The van der Waals surface area contributed by atoms with E-state index in [9.17, 15) is 4.79 Å². The SMILES string of the molecule is CCC(=O)N1CCCN(CC(C)C)CC1. The number of hydrogen-bond donors (Lipinski definition) is 0. The highest BCUT2D eigenvalue weighted by molar-refractivity contribution is 5.75. The first-order valence-electron chi connectivity index (χ1n) is 6.13. The van der Waals surface area contributed by atoms with E-state index < -0.39 is 0 Å². The molecule has 0 aromatic heterocycles. The fourth-order valence-corrected chi connectivity index (χ4v) is 2.14. The Bertz CT molecular complexity index is 204. The Morgan fingerprint density at radius 2 is 1.93 bits per heavy atom. The molecule has 15 heavy (non-hydrogen) atoms. The topological polar surface area (TPSA) is 23.6 Å². The van der Waals surface area contributed by atoms with Crippen LogP contribution in [-0.2, 0) is 4.79 Å². The summed E-state index contributed by atoms with van der Waals surface area (Å²) < 4.78 is 0. The van der Waals surface area contributed by atoms with Crippen molar-refractivity contribution < 1.29 is 4.79 Å². The van der Waals surface area contributed by atoms with Crippen molar-refractivity contribution in [1.82, 2.24) is 9.80 Å². The summed E-state index contributed by atoms with van der Waals surface area (Å²) in [6.07, 6.45) is 1.77. The lowest BCUT2D eigenvalue weighted by Crippen LogP contribution is -2.35. The van der Waals surface area contributed by atoms with Gasteiger partial charge in [0.1, 0.15) is 0 Å². The predicted molar refractivity (Wildman–Crippen MR) is 62.8 cm³/mol. The average Bonchev–Trinajstić information content (AvgIpc) is 2.41. The Morgan fingerprint density at radius 1 is 1.20 bits per heavy atom. The molecule has 0 saturated carbocycles. The molecule has 0 unspecified atom stereocenters. The Hall–Kier alpha value is -0.570. The molecule has 0 aliphatic carbocycles. The fraction of sp³-hybridized carbons (Fsp3) is 0.917. The fourth-order valence-electron chi connectivity index (χ4n) is 2.14. The van der Waals surface area contributed by atoms with Gasteiger partial charge in [-0.05, 0) is 18.9 Å². The monoisotopic (exact) mass is 212 g/mol. The summed E-state index contributed by atoms with van der Waals surface area (Å²) in [5, 5.41) is 0. The largest absolute Gasteiger partial charge is 0.341 e. The molecule has 1 rings (SSSR count). The van der Waals surface area contributed by atoms with E-state index in [1.165, 1.54) is 0 Å². The third kappa shape index (κ3) is 4.20. The van der Waals surface area contributed by atoms with Crippen molar-refractivity contribution in [1.29, 1.82) is 0 Å². The van der Waals surface area contributed by atoms with Crippen molar-refractivity contribution in [3.05, 3.63) is 0 Å². The van der Waals surface area contributed by atoms with Crippen LogP contribution >= 0.6 is 0 Å². The predicted octanol–water partition coefficient (Wildman–Crippen LogP) is 1.59. The van der Waals surface area contributed by atoms with E-state index in [1.54, 1.807) is 0 Å². The maximum Gasteiger partial charge on any atom is 0.222 e. The summed E-state index contributed by atoms with van der Waals surface area (Å²) in [5.74, 6) is 1.03. The molecule has 0 bridgehead atoms. The molecule has 3 nitrogen and oxygen atoms in total. The van der Waals surface area contributed by atoms with Crippen LogP contribution in [-0.4, -0.2) is 48.4 Å². The van der Waals surface area contributed by atoms with Crippen LogP contribution in [0.25, 0.3) is 0 Å². The maximum absolute atomic E-state index is 11.6. The van der Waals surface area contributed by atoms with Gasteiger partial charge in [0.05, 0.1) is 0 Å². The van der Waals surface area contributed by atoms with E-state index in [-0.39, 0.29) is 0 Å². The minimum absolute atomic E-state index is 0.307. The number of hydrogen-bond acceptors (Lipinski definition) is 2. The van der Waals surface area contributed by atoms with Crippen LogP contribution in [0.4, 0.5) is 0 Å². The van der Waals surface area contributed by atoms with Crippen LogP contribution in [0, 0.1) is 5.92 Å². The van der Waals surface area contributed by atoms with Gasteiger partial charge in [-0.1, -0.05) is 20.8 Å². The minimum atomic E-state index is 0.307. The van der Waals surface area contributed by atoms with E-state index >= 15 is 0 Å². The molecule has 0 spiro atoms. The van der Waals surface area contributed by atoms with Crippen LogP contribution in [0.1, 0.15) is 33.6 Å². The first-order chi connectivity index (χ1) is 7.13. The van der Waals surface area contributed by atoms with Gasteiger partial charge in [0.15, 0.2) is 0 Å². The standard InChI is InChI=1S/C12H24N2O/c1-4-12(15)14-7-5-6-13(8-9-14)10-11(2)3/h11H,4-10H2,1-3H3. The van der Waals surface area contributed by atoms with Crippen LogP contribution in [0.15, 0.2) is 0 Å². The summed E-state index contributed by atoms with van der Waals surface area (Å²) in [6, 6.07) is 0. The molecule has 0 aromatic carbocycles. The molecule has 0 N–H and O–H groups in total. The van der Waals surface area contributed by atoms with Crippen molar-refractivity contribution >= 4 is 5.91 Å². The summed E-state index contributed by atoms with van der Waals surface area (Å²) in [4.78, 5) is 16.0. The molecule has 0 radical (unpaired) electrons. The van der Waals surface area contributed by atoms with Crippen LogP contribution in [0.2, 0.25) is 0 Å². The van der Waals surface area contributed by atoms with Crippen LogP contribution in [0.5, 0.6) is 0 Å². The Kier molecular flexibility index (Phi) is 5.09. The zero-order valence-electron chi connectivity index (χ0n) is 10.3. The quantitative estimate of drug-likeness (QED) is 0.709. The minimum Gasteiger partial charge on any atom is -0.341 e. The van der Waals surface area contributed by atoms with Crippen molar-refractivity contribution in [2.75, 3.05) is 32.7 Å². The molecule has 3 heteroatoms. The summed E-state index contributed by atoms with van der Waals surface area (Å²) in [7, 11) is 0.